The van der Waals surface area contributed by atoms with Crippen molar-refractivity contribution in [3.8, 4) is 0 Å². The molecule has 1 amide bonds. The molecule has 0 atom stereocenters. The van der Waals surface area contributed by atoms with Gasteiger partial charge in [-0.05, 0) is 12.5 Å². The lowest BCUT2D eigenvalue weighted by Gasteiger charge is -2.37. The number of benzene rings is 1. The molecule has 1 heterocycles. The van der Waals surface area contributed by atoms with Crippen molar-refractivity contribution in [2.45, 2.75) is 19.6 Å². The van der Waals surface area contributed by atoms with Crippen LogP contribution in [0.1, 0.15) is 12.5 Å². The molecule has 0 spiro atoms. The Kier molecular flexibility index (Phi) is 5.57. The van der Waals surface area contributed by atoms with Crippen molar-refractivity contribution in [1.29, 1.82) is 0 Å². The Labute approximate surface area is 123 Å². The van der Waals surface area contributed by atoms with E-state index < -0.39 is 0 Å². The van der Waals surface area contributed by atoms with Crippen molar-refractivity contribution in [2.75, 3.05) is 26.3 Å². The summed E-state index contributed by atoms with van der Waals surface area (Å²) >= 11 is 0. The van der Waals surface area contributed by atoms with Gasteiger partial charge in [0.05, 0.1) is 25.8 Å². The van der Waals surface area contributed by atoms with Crippen LogP contribution >= 0.6 is 0 Å². The Bertz CT molecular complexity index is 470. The summed E-state index contributed by atoms with van der Waals surface area (Å²) < 4.78 is 15.2. The standard InChI is InChI=1S/C15H19NO5/c1-2-19-14(17)11-20-13-8-16(9-13)15(18)21-10-12-6-4-3-5-7-12/h3-7,13H,2,8-11H2,1H3. The number of carbonyl (C=O) groups is 2. The molecule has 0 aromatic heterocycles. The van der Waals surface area contributed by atoms with E-state index in [0.29, 0.717) is 19.7 Å². The molecule has 6 nitrogen and oxygen atoms in total. The van der Waals surface area contributed by atoms with Crippen molar-refractivity contribution in [1.82, 2.24) is 4.90 Å². The summed E-state index contributed by atoms with van der Waals surface area (Å²) in [6, 6.07) is 9.49. The third-order valence-electron chi connectivity index (χ3n) is 3.05. The van der Waals surface area contributed by atoms with E-state index in [9.17, 15) is 9.59 Å². The fraction of sp³-hybridized carbons (Fsp3) is 0.467. The molecule has 0 N–H and O–H groups in total. The van der Waals surface area contributed by atoms with E-state index in [1.807, 2.05) is 30.3 Å². The number of hydrogen-bond donors (Lipinski definition) is 0. The molecule has 0 saturated carbocycles. The third kappa shape index (κ3) is 4.75. The van der Waals surface area contributed by atoms with Crippen LogP contribution in [0.5, 0.6) is 0 Å². The average Bonchev–Trinajstić information content (AvgIpc) is 2.45. The smallest absolute Gasteiger partial charge is 0.410 e. The van der Waals surface area contributed by atoms with Crippen LogP contribution in [0.15, 0.2) is 30.3 Å². The number of rotatable bonds is 6. The molecule has 0 bridgehead atoms. The van der Waals surface area contributed by atoms with E-state index >= 15 is 0 Å². The lowest BCUT2D eigenvalue weighted by atomic mass is 10.2. The number of likely N-dealkylation sites (tertiary alicyclic amines) is 1. The Morgan fingerprint density at radius 3 is 2.57 bits per heavy atom. The summed E-state index contributed by atoms with van der Waals surface area (Å²) in [5.74, 6) is -0.386. The molecule has 21 heavy (non-hydrogen) atoms. The highest BCUT2D eigenvalue weighted by molar-refractivity contribution is 5.71. The molecule has 0 unspecified atom stereocenters. The van der Waals surface area contributed by atoms with Gasteiger partial charge in [-0.25, -0.2) is 9.59 Å². The Hall–Kier alpha value is -2.08. The predicted octanol–water partition coefficient (Wildman–Crippen LogP) is 1.59. The predicted molar refractivity (Wildman–Crippen MR) is 74.6 cm³/mol. The molecule has 0 radical (unpaired) electrons. The van der Waals surface area contributed by atoms with Gasteiger partial charge < -0.3 is 19.1 Å². The van der Waals surface area contributed by atoms with E-state index in [1.54, 1.807) is 11.8 Å². The molecule has 2 rings (SSSR count). The molecule has 1 aliphatic heterocycles. The monoisotopic (exact) mass is 293 g/mol. The van der Waals surface area contributed by atoms with Gasteiger partial charge in [0.1, 0.15) is 13.2 Å². The van der Waals surface area contributed by atoms with E-state index in [2.05, 4.69) is 0 Å². The topological polar surface area (TPSA) is 65.1 Å². The largest absolute Gasteiger partial charge is 0.464 e. The zero-order valence-corrected chi connectivity index (χ0v) is 12.0. The van der Waals surface area contributed by atoms with Crippen LogP contribution in [0.25, 0.3) is 0 Å². The maximum atomic E-state index is 11.7. The first-order valence-corrected chi connectivity index (χ1v) is 6.92. The molecule has 0 aliphatic carbocycles. The second-order valence-electron chi connectivity index (χ2n) is 4.68. The third-order valence-corrected chi connectivity index (χ3v) is 3.05. The quantitative estimate of drug-likeness (QED) is 0.745. The van der Waals surface area contributed by atoms with Crippen LogP contribution < -0.4 is 0 Å². The van der Waals surface area contributed by atoms with Crippen LogP contribution in [0, 0.1) is 0 Å². The summed E-state index contributed by atoms with van der Waals surface area (Å²) in [6.07, 6.45) is -0.492. The van der Waals surface area contributed by atoms with Crippen molar-refractivity contribution < 1.29 is 23.8 Å². The molecule has 114 valence electrons. The molecule has 1 aromatic carbocycles. The zero-order chi connectivity index (χ0) is 15.1. The maximum Gasteiger partial charge on any atom is 0.410 e. The summed E-state index contributed by atoms with van der Waals surface area (Å²) in [6.45, 7) is 3.13. The second kappa shape index (κ2) is 7.64. The van der Waals surface area contributed by atoms with E-state index in [-0.39, 0.29) is 31.4 Å². The molecular formula is C15H19NO5. The summed E-state index contributed by atoms with van der Waals surface area (Å²) in [4.78, 5) is 24.4. The van der Waals surface area contributed by atoms with Gasteiger partial charge >= 0.3 is 12.1 Å². The Balaban J connectivity index is 1.60. The fourth-order valence-corrected chi connectivity index (χ4v) is 1.89. The van der Waals surface area contributed by atoms with Gasteiger partial charge in [0.2, 0.25) is 0 Å². The number of ether oxygens (including phenoxy) is 3. The molecule has 6 heteroatoms. The maximum absolute atomic E-state index is 11.7. The van der Waals surface area contributed by atoms with Crippen molar-refractivity contribution >= 4 is 12.1 Å². The van der Waals surface area contributed by atoms with Crippen molar-refractivity contribution in [3.63, 3.8) is 0 Å². The van der Waals surface area contributed by atoms with Gasteiger partial charge in [0.15, 0.2) is 0 Å². The van der Waals surface area contributed by atoms with Crippen molar-refractivity contribution in [2.24, 2.45) is 0 Å². The first-order chi connectivity index (χ1) is 10.2. The summed E-state index contributed by atoms with van der Waals surface area (Å²) in [5, 5.41) is 0. The lowest BCUT2D eigenvalue weighted by molar-refractivity contribution is -0.153. The molecular weight excluding hydrogens is 274 g/mol. The first kappa shape index (κ1) is 15.3. The van der Waals surface area contributed by atoms with Gasteiger partial charge in [-0.15, -0.1) is 0 Å². The minimum absolute atomic E-state index is 0.0780. The van der Waals surface area contributed by atoms with E-state index in [1.165, 1.54) is 0 Å². The minimum atomic E-state index is -0.386. The van der Waals surface area contributed by atoms with Crippen LogP contribution in [0.3, 0.4) is 0 Å². The van der Waals surface area contributed by atoms with E-state index in [0.717, 1.165) is 5.56 Å². The van der Waals surface area contributed by atoms with Crippen LogP contribution in [0.2, 0.25) is 0 Å². The normalized spacial score (nSPS) is 14.4. The molecule has 1 fully saturated rings. The summed E-state index contributed by atoms with van der Waals surface area (Å²) in [7, 11) is 0. The highest BCUT2D eigenvalue weighted by atomic mass is 16.6. The Morgan fingerprint density at radius 1 is 1.19 bits per heavy atom. The summed E-state index contributed by atoms with van der Waals surface area (Å²) in [5.41, 5.74) is 0.946. The van der Waals surface area contributed by atoms with Crippen molar-refractivity contribution in [3.05, 3.63) is 35.9 Å². The number of carbonyl (C=O) groups excluding carboxylic acids is 2. The van der Waals surface area contributed by atoms with Gasteiger partial charge in [-0.2, -0.15) is 0 Å². The number of hydrogen-bond acceptors (Lipinski definition) is 5. The van der Waals surface area contributed by atoms with Crippen LogP contribution in [-0.4, -0.2) is 49.4 Å². The number of nitrogens with zero attached hydrogens (tertiary/aromatic N) is 1. The lowest BCUT2D eigenvalue weighted by Crippen LogP contribution is -2.55. The second-order valence-corrected chi connectivity index (χ2v) is 4.68. The van der Waals surface area contributed by atoms with Gasteiger partial charge in [0, 0.05) is 0 Å². The van der Waals surface area contributed by atoms with E-state index in [4.69, 9.17) is 14.2 Å². The number of amides is 1. The van der Waals surface area contributed by atoms with Gasteiger partial charge in [-0.1, -0.05) is 30.3 Å². The molecule has 1 aliphatic rings. The highest BCUT2D eigenvalue weighted by Crippen LogP contribution is 2.14. The fourth-order valence-electron chi connectivity index (χ4n) is 1.89. The minimum Gasteiger partial charge on any atom is -0.464 e. The van der Waals surface area contributed by atoms with Gasteiger partial charge in [0.25, 0.3) is 0 Å². The first-order valence-electron chi connectivity index (χ1n) is 6.92. The Morgan fingerprint density at radius 2 is 1.90 bits per heavy atom. The zero-order valence-electron chi connectivity index (χ0n) is 12.0. The van der Waals surface area contributed by atoms with Crippen LogP contribution in [0.4, 0.5) is 4.79 Å². The SMILES string of the molecule is CCOC(=O)COC1CN(C(=O)OCc2ccccc2)C1. The van der Waals surface area contributed by atoms with Crippen LogP contribution in [-0.2, 0) is 25.6 Å². The van der Waals surface area contributed by atoms with Gasteiger partial charge in [-0.3, -0.25) is 0 Å². The number of esters is 1. The molecule has 1 saturated heterocycles. The highest BCUT2D eigenvalue weighted by Gasteiger charge is 2.32. The average molecular weight is 293 g/mol. The molecule has 1 aromatic rings.